The third kappa shape index (κ3) is 4.65. The highest BCUT2D eigenvalue weighted by atomic mass is 79.9. The molecule has 0 heterocycles. The van der Waals surface area contributed by atoms with Crippen LogP contribution < -0.4 is 0 Å². The van der Waals surface area contributed by atoms with Gasteiger partial charge in [0.25, 0.3) is 0 Å². The first kappa shape index (κ1) is 15.6. The van der Waals surface area contributed by atoms with Gasteiger partial charge in [-0.05, 0) is 35.9 Å². The van der Waals surface area contributed by atoms with Crippen molar-refractivity contribution < 1.29 is 18.0 Å². The van der Waals surface area contributed by atoms with Crippen LogP contribution in [0.1, 0.15) is 29.3 Å². The van der Waals surface area contributed by atoms with Crippen molar-refractivity contribution >= 4 is 33.5 Å². The average Bonchev–Trinajstić information content (AvgIpc) is 2.27. The summed E-state index contributed by atoms with van der Waals surface area (Å²) < 4.78 is 36.8. The van der Waals surface area contributed by atoms with E-state index in [1.165, 1.54) is 12.1 Å². The van der Waals surface area contributed by atoms with Gasteiger partial charge in [-0.1, -0.05) is 28.9 Å². The van der Waals surface area contributed by atoms with Crippen LogP contribution in [0.25, 0.3) is 0 Å². The number of alkyl halides is 4. The molecule has 0 aliphatic carbocycles. The van der Waals surface area contributed by atoms with Crippen LogP contribution in [0.5, 0.6) is 0 Å². The van der Waals surface area contributed by atoms with Crippen molar-refractivity contribution in [3.8, 4) is 0 Å². The number of benzene rings is 1. The Morgan fingerprint density at radius 3 is 2.56 bits per heavy atom. The maximum atomic E-state index is 12.3. The molecule has 1 rings (SSSR count). The summed E-state index contributed by atoms with van der Waals surface area (Å²) in [5.41, 5.74) is -3.15. The fourth-order valence-electron chi connectivity index (χ4n) is 1.54. The smallest absolute Gasteiger partial charge is 0.294 e. The summed E-state index contributed by atoms with van der Waals surface area (Å²) in [5.74, 6) is -0.131. The Bertz CT molecular complexity index is 432. The van der Waals surface area contributed by atoms with Gasteiger partial charge in [-0.25, -0.2) is 0 Å². The van der Waals surface area contributed by atoms with Gasteiger partial charge in [0.2, 0.25) is 0 Å². The lowest BCUT2D eigenvalue weighted by Gasteiger charge is -2.10. The third-order valence-electron chi connectivity index (χ3n) is 2.32. The van der Waals surface area contributed by atoms with Gasteiger partial charge in [-0.3, -0.25) is 4.79 Å². The Kier molecular flexibility index (Phi) is 5.72. The van der Waals surface area contributed by atoms with E-state index in [4.69, 9.17) is 0 Å². The van der Waals surface area contributed by atoms with E-state index in [2.05, 4.69) is 15.9 Å². The molecule has 0 N–H and O–H groups in total. The number of carbonyl (C=O) groups excluding carboxylic acids is 1. The van der Waals surface area contributed by atoms with Gasteiger partial charge in [0, 0.05) is 22.2 Å². The fraction of sp³-hybridized carbons (Fsp3) is 0.417. The van der Waals surface area contributed by atoms with Crippen LogP contribution in [0.15, 0.2) is 23.1 Å². The molecule has 0 saturated heterocycles. The second-order valence-corrected chi connectivity index (χ2v) is 5.51. The summed E-state index contributed by atoms with van der Waals surface area (Å²) in [4.78, 5) is 11.9. The van der Waals surface area contributed by atoms with Gasteiger partial charge in [-0.2, -0.15) is 13.2 Å². The molecule has 1 nitrogen and oxygen atoms in total. The minimum atomic E-state index is -4.33. The number of rotatable bonds is 5. The van der Waals surface area contributed by atoms with E-state index in [0.717, 1.165) is 5.56 Å². The molecule has 0 aromatic heterocycles. The van der Waals surface area contributed by atoms with Crippen LogP contribution >= 0.6 is 27.7 Å². The van der Waals surface area contributed by atoms with Gasteiger partial charge >= 0.3 is 5.51 Å². The number of hydrogen-bond acceptors (Lipinski definition) is 2. The first-order chi connectivity index (χ1) is 8.37. The Hall–Kier alpha value is -0.490. The van der Waals surface area contributed by atoms with Crippen molar-refractivity contribution in [2.24, 2.45) is 0 Å². The molecule has 0 saturated carbocycles. The van der Waals surface area contributed by atoms with E-state index >= 15 is 0 Å². The summed E-state index contributed by atoms with van der Waals surface area (Å²) in [6, 6.07) is 4.33. The number of hydrogen-bond donors (Lipinski definition) is 0. The van der Waals surface area contributed by atoms with E-state index in [0.29, 0.717) is 17.3 Å². The van der Waals surface area contributed by atoms with Crippen molar-refractivity contribution in [3.63, 3.8) is 0 Å². The van der Waals surface area contributed by atoms with E-state index in [9.17, 15) is 18.0 Å². The van der Waals surface area contributed by atoms with Crippen LogP contribution in [0.2, 0.25) is 0 Å². The zero-order valence-corrected chi connectivity index (χ0v) is 12.1. The zero-order chi connectivity index (χ0) is 13.8. The molecule has 6 heteroatoms. The predicted octanol–water partition coefficient (Wildman–Crippen LogP) is 4.83. The molecule has 0 radical (unpaired) electrons. The predicted molar refractivity (Wildman–Crippen MR) is 70.5 cm³/mol. The minimum Gasteiger partial charge on any atom is -0.294 e. The number of carbonyl (C=O) groups is 1. The molecule has 18 heavy (non-hydrogen) atoms. The molecule has 100 valence electrons. The van der Waals surface area contributed by atoms with E-state index < -0.39 is 5.51 Å². The fourth-order valence-corrected chi connectivity index (χ4v) is 2.48. The second-order valence-electron chi connectivity index (χ2n) is 3.58. The molecule has 0 spiro atoms. The summed E-state index contributed by atoms with van der Waals surface area (Å²) in [6.45, 7) is 1.87. The van der Waals surface area contributed by atoms with Gasteiger partial charge in [0.15, 0.2) is 5.78 Å². The molecule has 0 aliphatic rings. The molecule has 1 aromatic carbocycles. The molecule has 0 aliphatic heterocycles. The molecule has 0 bridgehead atoms. The lowest BCUT2D eigenvalue weighted by atomic mass is 10.0. The van der Waals surface area contributed by atoms with Gasteiger partial charge in [0.05, 0.1) is 0 Å². The molecule has 0 unspecified atom stereocenters. The number of ketones is 1. The molecule has 0 fully saturated rings. The third-order valence-corrected chi connectivity index (χ3v) is 3.44. The Morgan fingerprint density at radius 1 is 1.39 bits per heavy atom. The highest BCUT2D eigenvalue weighted by Gasteiger charge is 2.29. The van der Waals surface area contributed by atoms with Crippen molar-refractivity contribution in [1.82, 2.24) is 0 Å². The monoisotopic (exact) mass is 340 g/mol. The van der Waals surface area contributed by atoms with Crippen molar-refractivity contribution in [3.05, 3.63) is 29.3 Å². The maximum Gasteiger partial charge on any atom is 0.446 e. The summed E-state index contributed by atoms with van der Waals surface area (Å²) in [7, 11) is 0. The van der Waals surface area contributed by atoms with Gasteiger partial charge in [0.1, 0.15) is 0 Å². The standard InChI is InChI=1S/C12H12BrF3OS/c1-2-8-3-4-9(18-12(14,15)16)7-10(8)11(17)5-6-13/h3-4,7H,2,5-6H2,1H3. The SMILES string of the molecule is CCc1ccc(SC(F)(F)F)cc1C(=O)CCBr. The Morgan fingerprint density at radius 2 is 2.06 bits per heavy atom. The number of Topliss-reactive ketones (excluding diaryl/α,β-unsaturated/α-hetero) is 1. The molecule has 0 amide bonds. The van der Waals surface area contributed by atoms with Gasteiger partial charge in [-0.15, -0.1) is 0 Å². The summed E-state index contributed by atoms with van der Waals surface area (Å²) in [5, 5.41) is 0.506. The normalized spacial score (nSPS) is 11.6. The quantitative estimate of drug-likeness (QED) is 0.434. The van der Waals surface area contributed by atoms with Crippen LogP contribution in [0, 0.1) is 0 Å². The topological polar surface area (TPSA) is 17.1 Å². The van der Waals surface area contributed by atoms with Crippen molar-refractivity contribution in [2.75, 3.05) is 5.33 Å². The minimum absolute atomic E-state index is 0.0534. The summed E-state index contributed by atoms with van der Waals surface area (Å²) >= 11 is 2.96. The highest BCUT2D eigenvalue weighted by molar-refractivity contribution is 9.09. The lowest BCUT2D eigenvalue weighted by molar-refractivity contribution is -0.0328. The van der Waals surface area contributed by atoms with E-state index in [1.54, 1.807) is 6.07 Å². The molecule has 1 aromatic rings. The number of aryl methyl sites for hydroxylation is 1. The first-order valence-corrected chi connectivity index (χ1v) is 7.29. The van der Waals surface area contributed by atoms with Gasteiger partial charge < -0.3 is 0 Å². The van der Waals surface area contributed by atoms with Crippen molar-refractivity contribution in [1.29, 1.82) is 0 Å². The summed E-state index contributed by atoms with van der Waals surface area (Å²) in [6.07, 6.45) is 0.910. The van der Waals surface area contributed by atoms with Crippen LogP contribution in [-0.4, -0.2) is 16.6 Å². The lowest BCUT2D eigenvalue weighted by Crippen LogP contribution is -2.05. The number of thioether (sulfide) groups is 1. The zero-order valence-electron chi connectivity index (χ0n) is 9.68. The van der Waals surface area contributed by atoms with Crippen LogP contribution in [0.4, 0.5) is 13.2 Å². The Balaban J connectivity index is 3.05. The van der Waals surface area contributed by atoms with E-state index in [-0.39, 0.29) is 28.9 Å². The Labute approximate surface area is 116 Å². The molecular formula is C12H12BrF3OS. The van der Waals surface area contributed by atoms with Crippen molar-refractivity contribution in [2.45, 2.75) is 30.2 Å². The largest absolute Gasteiger partial charge is 0.446 e. The maximum absolute atomic E-state index is 12.3. The number of halogens is 4. The second kappa shape index (κ2) is 6.61. The van der Waals surface area contributed by atoms with Crippen LogP contribution in [-0.2, 0) is 6.42 Å². The first-order valence-electron chi connectivity index (χ1n) is 5.35. The molecular weight excluding hydrogens is 329 g/mol. The average molecular weight is 341 g/mol. The molecule has 0 atom stereocenters. The highest BCUT2D eigenvalue weighted by Crippen LogP contribution is 2.37. The van der Waals surface area contributed by atoms with Crippen LogP contribution in [0.3, 0.4) is 0 Å². The van der Waals surface area contributed by atoms with E-state index in [1.807, 2.05) is 6.92 Å².